The summed E-state index contributed by atoms with van der Waals surface area (Å²) in [6, 6.07) is 24.0. The van der Waals surface area contributed by atoms with Gasteiger partial charge in [0.2, 0.25) is 10.0 Å². The molecule has 262 valence electrons. The van der Waals surface area contributed by atoms with Crippen molar-refractivity contribution in [1.82, 2.24) is 18.6 Å². The summed E-state index contributed by atoms with van der Waals surface area (Å²) in [5.41, 5.74) is 6.74. The topological polar surface area (TPSA) is 112 Å². The van der Waals surface area contributed by atoms with E-state index >= 15 is 0 Å². The Hall–Kier alpha value is -4.91. The molecule has 1 aliphatic heterocycles. The fourth-order valence-corrected chi connectivity index (χ4v) is 7.77. The second kappa shape index (κ2) is 14.9. The first-order valence-corrected chi connectivity index (χ1v) is 17.8. The standard InChI is InChI=1S/C38H42N4O7S/c1-26-16-17-42-35(22-32-25-40(18-19-49-32)38(43)48-5)37(39-36(42)20-26)34-15-14-33(21-27(34)2)50(44,45)41(23-28-6-10-30(46-3)11-7-28)24-29-8-12-31(47-4)13-9-29/h6-17,20-21,32H,18-19,22-25H2,1-5H3/t32-/m0/s1. The summed E-state index contributed by atoms with van der Waals surface area (Å²) in [6.07, 6.45) is 1.83. The van der Waals surface area contributed by atoms with Gasteiger partial charge in [-0.1, -0.05) is 30.3 Å². The number of aryl methyl sites for hydroxylation is 2. The summed E-state index contributed by atoms with van der Waals surface area (Å²) in [7, 11) is 0.617. The van der Waals surface area contributed by atoms with E-state index in [-0.39, 0.29) is 30.2 Å². The van der Waals surface area contributed by atoms with Crippen molar-refractivity contribution < 1.29 is 32.2 Å². The van der Waals surface area contributed by atoms with Gasteiger partial charge < -0.3 is 28.2 Å². The molecule has 1 saturated heterocycles. The molecule has 11 nitrogen and oxygen atoms in total. The van der Waals surface area contributed by atoms with Gasteiger partial charge in [0.05, 0.1) is 56.9 Å². The zero-order valence-electron chi connectivity index (χ0n) is 29.0. The number of hydrogen-bond donors (Lipinski definition) is 0. The van der Waals surface area contributed by atoms with Gasteiger partial charge in [-0.3, -0.25) is 0 Å². The van der Waals surface area contributed by atoms with Crippen LogP contribution < -0.4 is 9.47 Å². The minimum absolute atomic E-state index is 0.166. The summed E-state index contributed by atoms with van der Waals surface area (Å²) in [4.78, 5) is 19.1. The van der Waals surface area contributed by atoms with E-state index in [1.54, 1.807) is 31.3 Å². The predicted molar refractivity (Wildman–Crippen MR) is 190 cm³/mol. The van der Waals surface area contributed by atoms with Gasteiger partial charge >= 0.3 is 6.09 Å². The minimum Gasteiger partial charge on any atom is -0.497 e. The Bertz CT molecular complexity index is 2030. The first kappa shape index (κ1) is 34.9. The molecule has 0 bridgehead atoms. The Morgan fingerprint density at radius 1 is 0.900 bits per heavy atom. The molecule has 0 saturated carbocycles. The monoisotopic (exact) mass is 698 g/mol. The van der Waals surface area contributed by atoms with Gasteiger partial charge in [0.1, 0.15) is 17.1 Å². The largest absolute Gasteiger partial charge is 0.497 e. The van der Waals surface area contributed by atoms with Crippen molar-refractivity contribution in [3.63, 3.8) is 0 Å². The number of methoxy groups -OCH3 is 3. The van der Waals surface area contributed by atoms with E-state index in [9.17, 15) is 13.2 Å². The number of fused-ring (bicyclic) bond motifs is 1. The van der Waals surface area contributed by atoms with Crippen molar-refractivity contribution in [2.24, 2.45) is 0 Å². The first-order chi connectivity index (χ1) is 24.1. The molecular formula is C38H42N4O7S. The lowest BCUT2D eigenvalue weighted by molar-refractivity contribution is -0.0241. The third kappa shape index (κ3) is 7.47. The Kier molecular flexibility index (Phi) is 10.4. The lowest BCUT2D eigenvalue weighted by Gasteiger charge is -2.32. The molecule has 0 unspecified atom stereocenters. The highest BCUT2D eigenvalue weighted by Gasteiger charge is 2.29. The molecule has 12 heteroatoms. The average molecular weight is 699 g/mol. The second-order valence-corrected chi connectivity index (χ2v) is 14.3. The first-order valence-electron chi connectivity index (χ1n) is 16.4. The zero-order chi connectivity index (χ0) is 35.4. The van der Waals surface area contributed by atoms with Crippen molar-refractivity contribution in [2.75, 3.05) is 41.0 Å². The number of hydrogen-bond acceptors (Lipinski definition) is 8. The smallest absolute Gasteiger partial charge is 0.409 e. The molecule has 1 atom stereocenters. The van der Waals surface area contributed by atoms with E-state index in [1.807, 2.05) is 91.2 Å². The van der Waals surface area contributed by atoms with Crippen LogP contribution in [0.4, 0.5) is 4.79 Å². The Morgan fingerprint density at radius 3 is 2.12 bits per heavy atom. The van der Waals surface area contributed by atoms with Crippen molar-refractivity contribution in [3.8, 4) is 22.8 Å². The van der Waals surface area contributed by atoms with Gasteiger partial charge in [-0.25, -0.2) is 18.2 Å². The number of rotatable bonds is 11. The number of sulfonamides is 1. The maximum atomic E-state index is 14.4. The molecular weight excluding hydrogens is 657 g/mol. The Labute approximate surface area is 293 Å². The molecule has 2 aromatic heterocycles. The van der Waals surface area contributed by atoms with E-state index in [4.69, 9.17) is 23.9 Å². The maximum absolute atomic E-state index is 14.4. The molecule has 3 aromatic carbocycles. The second-order valence-electron chi connectivity index (χ2n) is 12.4. The lowest BCUT2D eigenvalue weighted by atomic mass is 10.0. The molecule has 0 N–H and O–H groups in total. The molecule has 1 amide bonds. The summed E-state index contributed by atoms with van der Waals surface area (Å²) < 4.78 is 54.0. The van der Waals surface area contributed by atoms with E-state index in [0.29, 0.717) is 37.6 Å². The van der Waals surface area contributed by atoms with Gasteiger partial charge in [-0.2, -0.15) is 4.31 Å². The molecule has 5 aromatic rings. The number of carbonyl (C=O) groups excluding carboxylic acids is 1. The van der Waals surface area contributed by atoms with Crippen LogP contribution in [0.25, 0.3) is 16.9 Å². The van der Waals surface area contributed by atoms with Crippen LogP contribution in [0, 0.1) is 13.8 Å². The number of benzene rings is 3. The van der Waals surface area contributed by atoms with Crippen molar-refractivity contribution in [2.45, 2.75) is 44.4 Å². The molecule has 50 heavy (non-hydrogen) atoms. The fourth-order valence-electron chi connectivity index (χ4n) is 6.27. The third-order valence-corrected chi connectivity index (χ3v) is 10.8. The molecule has 0 aliphatic carbocycles. The highest BCUT2D eigenvalue weighted by atomic mass is 32.2. The molecule has 1 aliphatic rings. The molecule has 0 radical (unpaired) electrons. The molecule has 3 heterocycles. The highest BCUT2D eigenvalue weighted by molar-refractivity contribution is 7.89. The summed E-state index contributed by atoms with van der Waals surface area (Å²) in [6.45, 7) is 5.50. The number of amides is 1. The number of morpholine rings is 1. The van der Waals surface area contributed by atoms with Crippen LogP contribution in [0.5, 0.6) is 11.5 Å². The average Bonchev–Trinajstić information content (AvgIpc) is 3.47. The van der Waals surface area contributed by atoms with E-state index in [1.165, 1.54) is 11.4 Å². The molecule has 0 spiro atoms. The Morgan fingerprint density at radius 2 is 1.54 bits per heavy atom. The summed E-state index contributed by atoms with van der Waals surface area (Å²) in [5.74, 6) is 1.39. The fraction of sp³-hybridized carbons (Fsp3) is 0.316. The van der Waals surface area contributed by atoms with Crippen molar-refractivity contribution >= 4 is 21.8 Å². The van der Waals surface area contributed by atoms with Gasteiger partial charge in [-0.05, 0) is 84.6 Å². The zero-order valence-corrected chi connectivity index (χ0v) is 29.8. The highest BCUT2D eigenvalue weighted by Crippen LogP contribution is 2.32. The lowest BCUT2D eigenvalue weighted by Crippen LogP contribution is -2.46. The number of ether oxygens (including phenoxy) is 4. The van der Waals surface area contributed by atoms with E-state index < -0.39 is 10.0 Å². The summed E-state index contributed by atoms with van der Waals surface area (Å²) >= 11 is 0. The van der Waals surface area contributed by atoms with E-state index in [0.717, 1.165) is 44.9 Å². The summed E-state index contributed by atoms with van der Waals surface area (Å²) in [5, 5.41) is 0. The van der Waals surface area contributed by atoms with Crippen molar-refractivity contribution in [1.29, 1.82) is 0 Å². The van der Waals surface area contributed by atoms with Gasteiger partial charge in [0, 0.05) is 37.8 Å². The number of imidazole rings is 1. The van der Waals surface area contributed by atoms with Crippen LogP contribution in [-0.4, -0.2) is 80.2 Å². The van der Waals surface area contributed by atoms with Crippen LogP contribution in [0.15, 0.2) is 90.0 Å². The van der Waals surface area contributed by atoms with E-state index in [2.05, 4.69) is 0 Å². The number of aromatic nitrogens is 2. The predicted octanol–water partition coefficient (Wildman–Crippen LogP) is 6.04. The van der Waals surface area contributed by atoms with Gasteiger partial charge in [0.25, 0.3) is 0 Å². The molecule has 1 fully saturated rings. The van der Waals surface area contributed by atoms with Gasteiger partial charge in [-0.15, -0.1) is 0 Å². The maximum Gasteiger partial charge on any atom is 0.409 e. The van der Waals surface area contributed by atoms with Gasteiger partial charge in [0.15, 0.2) is 0 Å². The van der Waals surface area contributed by atoms with Crippen molar-refractivity contribution in [3.05, 3.63) is 113 Å². The molecule has 6 rings (SSSR count). The minimum atomic E-state index is -3.95. The number of carbonyl (C=O) groups is 1. The Balaban J connectivity index is 1.35. The van der Waals surface area contributed by atoms with Crippen LogP contribution in [0.2, 0.25) is 0 Å². The van der Waals surface area contributed by atoms with Crippen LogP contribution in [0.3, 0.4) is 0 Å². The van der Waals surface area contributed by atoms with Crippen LogP contribution in [0.1, 0.15) is 27.9 Å². The third-order valence-electron chi connectivity index (χ3n) is 9.00. The van der Waals surface area contributed by atoms with Crippen LogP contribution >= 0.6 is 0 Å². The normalized spacial score (nSPS) is 15.0. The van der Waals surface area contributed by atoms with Crippen LogP contribution in [-0.2, 0) is 39.0 Å². The quantitative estimate of drug-likeness (QED) is 0.164. The SMILES string of the molecule is COC(=O)N1CCO[C@@H](Cc2c(-c3ccc(S(=O)(=O)N(Cc4ccc(OC)cc4)Cc4ccc(OC)cc4)cc3C)nc3cc(C)ccn23)C1. The number of nitrogens with zero attached hydrogens (tertiary/aromatic N) is 4. The number of pyridine rings is 1.